The van der Waals surface area contributed by atoms with Crippen molar-refractivity contribution in [3.05, 3.63) is 44.0 Å². The summed E-state index contributed by atoms with van der Waals surface area (Å²) >= 11 is 0. The largest absolute Gasteiger partial charge is 0.464 e. The van der Waals surface area contributed by atoms with Gasteiger partial charge in [-0.2, -0.15) is 0 Å². The van der Waals surface area contributed by atoms with Crippen LogP contribution in [-0.4, -0.2) is 55.4 Å². The molecule has 0 saturated carbocycles. The number of nitrogens with one attached hydrogen (secondary N) is 1. The summed E-state index contributed by atoms with van der Waals surface area (Å²) in [4.78, 5) is 38.4. The van der Waals surface area contributed by atoms with Crippen molar-refractivity contribution >= 4 is 5.97 Å². The molecule has 3 heterocycles. The minimum Gasteiger partial charge on any atom is -0.464 e. The summed E-state index contributed by atoms with van der Waals surface area (Å²) in [5.74, 6) is -0.569. The van der Waals surface area contributed by atoms with Gasteiger partial charge in [-0.1, -0.05) is 31.4 Å². The van der Waals surface area contributed by atoms with Crippen molar-refractivity contribution in [3.63, 3.8) is 0 Å². The van der Waals surface area contributed by atoms with E-state index in [1.807, 2.05) is 0 Å². The van der Waals surface area contributed by atoms with Crippen molar-refractivity contribution in [2.24, 2.45) is 0 Å². The van der Waals surface area contributed by atoms with Gasteiger partial charge >= 0.3 is 11.7 Å². The van der Waals surface area contributed by atoms with Crippen LogP contribution in [0.2, 0.25) is 0 Å². The van der Waals surface area contributed by atoms with Gasteiger partial charge in [-0.25, -0.2) is 14.3 Å². The number of nitrogens with zero attached hydrogens (tertiary/aromatic N) is 4. The van der Waals surface area contributed by atoms with E-state index in [4.69, 9.17) is 9.47 Å². The summed E-state index contributed by atoms with van der Waals surface area (Å²) in [7, 11) is 1.29. The highest BCUT2D eigenvalue weighted by molar-refractivity contribution is 5.88. The maximum atomic E-state index is 12.3. The molecule has 0 unspecified atom stereocenters. The molecular weight excluding hydrogens is 406 g/mol. The Morgan fingerprint density at radius 1 is 1.35 bits per heavy atom. The Morgan fingerprint density at radius 2 is 2.13 bits per heavy atom. The third-order valence-electron chi connectivity index (χ3n) is 5.59. The number of H-pyrrole nitrogens is 1. The number of esters is 1. The number of aliphatic hydroxyl groups is 1. The van der Waals surface area contributed by atoms with Crippen LogP contribution in [0.1, 0.15) is 73.0 Å². The minimum absolute atomic E-state index is 0.149. The van der Waals surface area contributed by atoms with Gasteiger partial charge < -0.3 is 14.6 Å². The monoisotopic (exact) mass is 435 g/mol. The van der Waals surface area contributed by atoms with Gasteiger partial charge in [-0.05, 0) is 19.8 Å². The van der Waals surface area contributed by atoms with E-state index in [-0.39, 0.29) is 12.3 Å². The molecule has 0 spiro atoms. The highest BCUT2D eigenvalue weighted by Crippen LogP contribution is 2.37. The molecule has 11 heteroatoms. The molecule has 0 bridgehead atoms. The van der Waals surface area contributed by atoms with Crippen molar-refractivity contribution in [1.29, 1.82) is 0 Å². The molecule has 2 aromatic heterocycles. The molecule has 0 radical (unpaired) electrons. The van der Waals surface area contributed by atoms with Crippen LogP contribution in [0.5, 0.6) is 0 Å². The molecule has 3 atom stereocenters. The lowest BCUT2D eigenvalue weighted by molar-refractivity contribution is -0.0325. The van der Waals surface area contributed by atoms with Crippen LogP contribution in [0.3, 0.4) is 0 Å². The summed E-state index contributed by atoms with van der Waals surface area (Å²) < 4.78 is 13.7. The summed E-state index contributed by atoms with van der Waals surface area (Å²) in [6, 6.07) is -0.443. The smallest absolute Gasteiger partial charge is 0.360 e. The van der Waals surface area contributed by atoms with Gasteiger partial charge in [0.25, 0.3) is 5.56 Å². The van der Waals surface area contributed by atoms with E-state index in [1.54, 1.807) is 11.6 Å². The fourth-order valence-corrected chi connectivity index (χ4v) is 3.89. The number of ether oxygens (including phenoxy) is 2. The highest BCUT2D eigenvalue weighted by Gasteiger charge is 2.40. The van der Waals surface area contributed by atoms with Gasteiger partial charge in [0.15, 0.2) is 5.69 Å². The third-order valence-corrected chi connectivity index (χ3v) is 5.59. The number of aromatic amines is 1. The Morgan fingerprint density at radius 3 is 2.81 bits per heavy atom. The third kappa shape index (κ3) is 4.77. The van der Waals surface area contributed by atoms with Crippen molar-refractivity contribution in [1.82, 2.24) is 24.5 Å². The fraction of sp³-hybridized carbons (Fsp3) is 0.650. The van der Waals surface area contributed by atoms with E-state index in [2.05, 4.69) is 22.2 Å². The second-order valence-electron chi connectivity index (χ2n) is 7.73. The van der Waals surface area contributed by atoms with Crippen LogP contribution >= 0.6 is 0 Å². The average Bonchev–Trinajstić information content (AvgIpc) is 3.37. The zero-order valence-electron chi connectivity index (χ0n) is 18.0. The molecule has 11 nitrogen and oxygen atoms in total. The van der Waals surface area contributed by atoms with Gasteiger partial charge in [0.05, 0.1) is 25.5 Å². The van der Waals surface area contributed by atoms with Crippen molar-refractivity contribution in [3.8, 4) is 0 Å². The number of aromatic nitrogens is 5. The van der Waals surface area contributed by atoms with Crippen molar-refractivity contribution in [2.75, 3.05) is 13.7 Å². The zero-order valence-corrected chi connectivity index (χ0v) is 18.0. The minimum atomic E-state index is -0.705. The van der Waals surface area contributed by atoms with Crippen LogP contribution in [-0.2, 0) is 15.9 Å². The average molecular weight is 435 g/mol. The molecule has 2 aromatic rings. The lowest BCUT2D eigenvalue weighted by atomic mass is 10.1. The Bertz CT molecular complexity index is 1030. The Labute approximate surface area is 179 Å². The predicted molar refractivity (Wildman–Crippen MR) is 110 cm³/mol. The second kappa shape index (κ2) is 10.0. The summed E-state index contributed by atoms with van der Waals surface area (Å²) in [6.45, 7) is 3.41. The molecule has 1 fully saturated rings. The summed E-state index contributed by atoms with van der Waals surface area (Å²) in [5, 5.41) is 18.1. The van der Waals surface area contributed by atoms with Gasteiger partial charge in [0.2, 0.25) is 0 Å². The summed E-state index contributed by atoms with van der Waals surface area (Å²) in [6.07, 6.45) is 4.98. The maximum absolute atomic E-state index is 12.3. The quantitative estimate of drug-likeness (QED) is 0.436. The van der Waals surface area contributed by atoms with Gasteiger partial charge in [-0.15, -0.1) is 5.10 Å². The number of carbonyl (C=O) groups is 1. The predicted octanol–water partition coefficient (Wildman–Crippen LogP) is 0.867. The first-order chi connectivity index (χ1) is 14.9. The number of aliphatic hydroxyl groups excluding tert-OH is 1. The van der Waals surface area contributed by atoms with E-state index >= 15 is 0 Å². The number of hydrogen-bond acceptors (Lipinski definition) is 8. The second-order valence-corrected chi connectivity index (χ2v) is 7.73. The van der Waals surface area contributed by atoms with Crippen LogP contribution < -0.4 is 11.2 Å². The number of carbonyl (C=O) groups excluding carboxylic acids is 1. The lowest BCUT2D eigenvalue weighted by Gasteiger charge is -2.18. The van der Waals surface area contributed by atoms with Crippen LogP contribution in [0, 0.1) is 6.92 Å². The molecule has 3 rings (SSSR count). The maximum Gasteiger partial charge on any atom is 0.360 e. The molecule has 0 amide bonds. The SMILES string of the molecule is CCCCCCc1c(C(=O)OC)nnn1[C@H]1C[C@H](n2cc(C)c(=O)[nH]c2=O)O[C@@H]1CO. The Balaban J connectivity index is 1.92. The van der Waals surface area contributed by atoms with Crippen molar-refractivity contribution in [2.45, 2.75) is 70.7 Å². The number of hydrogen-bond donors (Lipinski definition) is 2. The zero-order chi connectivity index (χ0) is 22.5. The molecule has 31 heavy (non-hydrogen) atoms. The molecular formula is C20H29N5O6. The van der Waals surface area contributed by atoms with E-state index in [9.17, 15) is 19.5 Å². The van der Waals surface area contributed by atoms with Crippen molar-refractivity contribution < 1.29 is 19.4 Å². The number of methoxy groups -OCH3 is 1. The van der Waals surface area contributed by atoms with Crippen LogP contribution in [0.25, 0.3) is 0 Å². The van der Waals surface area contributed by atoms with Gasteiger partial charge in [0.1, 0.15) is 12.3 Å². The summed E-state index contributed by atoms with van der Waals surface area (Å²) in [5.41, 5.74) is 0.101. The first-order valence-electron chi connectivity index (χ1n) is 10.5. The van der Waals surface area contributed by atoms with E-state index in [1.165, 1.54) is 17.9 Å². The molecule has 0 aromatic carbocycles. The fourth-order valence-electron chi connectivity index (χ4n) is 3.89. The normalized spacial score (nSPS) is 20.8. The van der Waals surface area contributed by atoms with E-state index < -0.39 is 35.6 Å². The lowest BCUT2D eigenvalue weighted by Crippen LogP contribution is -2.33. The molecule has 2 N–H and O–H groups in total. The van der Waals surface area contributed by atoms with Gasteiger partial charge in [0, 0.05) is 18.2 Å². The Kier molecular flexibility index (Phi) is 7.39. The molecule has 0 aliphatic carbocycles. The first-order valence-corrected chi connectivity index (χ1v) is 10.5. The van der Waals surface area contributed by atoms with E-state index in [0.29, 0.717) is 24.1 Å². The topological polar surface area (TPSA) is 141 Å². The molecule has 1 aliphatic heterocycles. The standard InChI is InChI=1S/C20H29N5O6/c1-4-5-6-7-8-13-17(19(28)30-3)22-23-25(13)14-9-16(31-15(14)11-26)24-10-12(2)18(27)21-20(24)29/h10,14-16,26H,4-9,11H2,1-3H3,(H,21,27,29)/t14-,15+,16+/m0/s1. The molecule has 1 aliphatic rings. The Hall–Kier alpha value is -2.79. The number of aryl methyl sites for hydroxylation is 1. The van der Waals surface area contributed by atoms with Gasteiger partial charge in [-0.3, -0.25) is 14.3 Å². The number of unbranched alkanes of at least 4 members (excludes halogenated alkanes) is 3. The first kappa shape index (κ1) is 22.9. The van der Waals surface area contributed by atoms with Crippen LogP contribution in [0.4, 0.5) is 0 Å². The number of rotatable bonds is 9. The molecule has 170 valence electrons. The highest BCUT2D eigenvalue weighted by atomic mass is 16.5. The molecule has 1 saturated heterocycles. The van der Waals surface area contributed by atoms with E-state index in [0.717, 1.165) is 25.7 Å². The van der Waals surface area contributed by atoms with Crippen LogP contribution in [0.15, 0.2) is 15.8 Å².